The van der Waals surface area contributed by atoms with Crippen molar-refractivity contribution in [2.45, 2.75) is 6.10 Å². The van der Waals surface area contributed by atoms with Crippen LogP contribution in [-0.2, 0) is 4.74 Å². The number of rotatable bonds is 3. The third kappa shape index (κ3) is 2.78. The number of benzene rings is 2. The summed E-state index contributed by atoms with van der Waals surface area (Å²) in [5, 5.41) is 1.05. The summed E-state index contributed by atoms with van der Waals surface area (Å²) >= 11 is 0. The van der Waals surface area contributed by atoms with E-state index >= 15 is 0 Å². The molecule has 5 heteroatoms. The largest absolute Gasteiger partial charge is 0.496 e. The minimum absolute atomic E-state index is 0.0510. The van der Waals surface area contributed by atoms with Crippen LogP contribution < -0.4 is 9.64 Å². The van der Waals surface area contributed by atoms with Gasteiger partial charge in [-0.25, -0.2) is 9.97 Å². The van der Waals surface area contributed by atoms with Crippen LogP contribution in [0.2, 0.25) is 0 Å². The number of fused-ring (bicyclic) bond motifs is 1. The van der Waals surface area contributed by atoms with E-state index in [1.165, 1.54) is 0 Å². The fourth-order valence-electron chi connectivity index (χ4n) is 3.07. The second kappa shape index (κ2) is 6.45. The zero-order valence-electron chi connectivity index (χ0n) is 13.6. The normalized spacial score (nSPS) is 17.9. The van der Waals surface area contributed by atoms with Crippen LogP contribution in [0.5, 0.6) is 5.75 Å². The number of hydrogen-bond donors (Lipinski definition) is 0. The standard InChI is InChI=1S/C19H19N3O2/c1-23-17-9-5-3-7-15(17)18-13-22(10-11-24-18)19-20-12-14-6-2-4-8-16(14)21-19/h2-9,12,18H,10-11,13H2,1H3. The van der Waals surface area contributed by atoms with Gasteiger partial charge in [-0.05, 0) is 12.1 Å². The first-order valence-electron chi connectivity index (χ1n) is 8.06. The lowest BCUT2D eigenvalue weighted by Crippen LogP contribution is -2.39. The van der Waals surface area contributed by atoms with Gasteiger partial charge in [-0.15, -0.1) is 0 Å². The van der Waals surface area contributed by atoms with Crippen molar-refractivity contribution in [3.05, 3.63) is 60.3 Å². The number of hydrogen-bond acceptors (Lipinski definition) is 5. The second-order valence-electron chi connectivity index (χ2n) is 5.78. The highest BCUT2D eigenvalue weighted by atomic mass is 16.5. The maximum atomic E-state index is 5.97. The van der Waals surface area contributed by atoms with Crippen LogP contribution >= 0.6 is 0 Å². The highest BCUT2D eigenvalue weighted by Gasteiger charge is 2.25. The molecule has 2 aromatic carbocycles. The van der Waals surface area contributed by atoms with Crippen LogP contribution in [0.15, 0.2) is 54.7 Å². The molecule has 0 bridgehead atoms. The molecule has 122 valence electrons. The summed E-state index contributed by atoms with van der Waals surface area (Å²) in [7, 11) is 1.69. The molecule has 0 N–H and O–H groups in total. The van der Waals surface area contributed by atoms with E-state index < -0.39 is 0 Å². The lowest BCUT2D eigenvalue weighted by Gasteiger charge is -2.33. The molecular weight excluding hydrogens is 302 g/mol. The highest BCUT2D eigenvalue weighted by Crippen LogP contribution is 2.31. The van der Waals surface area contributed by atoms with E-state index in [1.807, 2.05) is 54.7 Å². The van der Waals surface area contributed by atoms with Crippen LogP contribution in [0.3, 0.4) is 0 Å². The van der Waals surface area contributed by atoms with Crippen LogP contribution in [-0.4, -0.2) is 36.8 Å². The number of methoxy groups -OCH3 is 1. The van der Waals surface area contributed by atoms with E-state index in [2.05, 4.69) is 9.88 Å². The molecule has 0 amide bonds. The first-order chi connectivity index (χ1) is 11.8. The predicted molar refractivity (Wildman–Crippen MR) is 93.4 cm³/mol. The van der Waals surface area contributed by atoms with Gasteiger partial charge in [-0.3, -0.25) is 0 Å². The molecule has 1 aromatic heterocycles. The summed E-state index contributed by atoms with van der Waals surface area (Å²) in [5.41, 5.74) is 2.02. The number of aromatic nitrogens is 2. The van der Waals surface area contributed by atoms with Crippen LogP contribution in [0, 0.1) is 0 Å². The molecule has 0 radical (unpaired) electrons. The summed E-state index contributed by atoms with van der Waals surface area (Å²) in [6.45, 7) is 2.13. The summed E-state index contributed by atoms with van der Waals surface area (Å²) in [5.74, 6) is 1.60. The molecule has 4 rings (SSSR count). The molecule has 24 heavy (non-hydrogen) atoms. The quantitative estimate of drug-likeness (QED) is 0.741. The minimum atomic E-state index is -0.0510. The molecule has 1 unspecified atom stereocenters. The van der Waals surface area contributed by atoms with Crippen molar-refractivity contribution < 1.29 is 9.47 Å². The molecule has 0 aliphatic carbocycles. The number of nitrogens with zero attached hydrogens (tertiary/aromatic N) is 3. The molecule has 1 atom stereocenters. The van der Waals surface area contributed by atoms with Crippen molar-refractivity contribution in [3.8, 4) is 5.75 Å². The van der Waals surface area contributed by atoms with Gasteiger partial charge in [0.05, 0.1) is 25.8 Å². The number of morpholine rings is 1. The lowest BCUT2D eigenvalue weighted by molar-refractivity contribution is 0.0377. The van der Waals surface area contributed by atoms with E-state index in [-0.39, 0.29) is 6.10 Å². The molecule has 1 fully saturated rings. The second-order valence-corrected chi connectivity index (χ2v) is 5.78. The van der Waals surface area contributed by atoms with Gasteiger partial charge in [0.15, 0.2) is 0 Å². The Labute approximate surface area is 140 Å². The summed E-state index contributed by atoms with van der Waals surface area (Å²) in [6, 6.07) is 16.0. The monoisotopic (exact) mass is 321 g/mol. The Kier molecular flexibility index (Phi) is 4.01. The number of para-hydroxylation sites is 2. The van der Waals surface area contributed by atoms with E-state index in [0.29, 0.717) is 13.2 Å². The van der Waals surface area contributed by atoms with Gasteiger partial charge in [0.1, 0.15) is 11.9 Å². The van der Waals surface area contributed by atoms with Gasteiger partial charge in [0.25, 0.3) is 0 Å². The molecule has 2 heterocycles. The van der Waals surface area contributed by atoms with Crippen molar-refractivity contribution in [1.29, 1.82) is 0 Å². The average molecular weight is 321 g/mol. The molecule has 3 aromatic rings. The fraction of sp³-hybridized carbons (Fsp3) is 0.263. The Hall–Kier alpha value is -2.66. The molecule has 0 saturated carbocycles. The number of ether oxygens (including phenoxy) is 2. The van der Waals surface area contributed by atoms with Crippen LogP contribution in [0.25, 0.3) is 10.9 Å². The average Bonchev–Trinajstić information content (AvgIpc) is 2.67. The van der Waals surface area contributed by atoms with Gasteiger partial charge in [-0.2, -0.15) is 0 Å². The molecule has 1 saturated heterocycles. The third-order valence-corrected chi connectivity index (χ3v) is 4.31. The molecule has 1 aliphatic heterocycles. The van der Waals surface area contributed by atoms with Gasteiger partial charge in [0, 0.05) is 23.7 Å². The Morgan fingerprint density at radius 1 is 1.12 bits per heavy atom. The molecule has 5 nitrogen and oxygen atoms in total. The maximum Gasteiger partial charge on any atom is 0.226 e. The lowest BCUT2D eigenvalue weighted by atomic mass is 10.1. The van der Waals surface area contributed by atoms with E-state index in [1.54, 1.807) is 7.11 Å². The Morgan fingerprint density at radius 2 is 1.96 bits per heavy atom. The predicted octanol–water partition coefficient (Wildman–Crippen LogP) is 3.22. The Balaban J connectivity index is 1.62. The maximum absolute atomic E-state index is 5.97. The van der Waals surface area contributed by atoms with E-state index in [0.717, 1.165) is 34.7 Å². The van der Waals surface area contributed by atoms with Gasteiger partial charge in [0.2, 0.25) is 5.95 Å². The Bertz CT molecular complexity index is 853. The van der Waals surface area contributed by atoms with Crippen molar-refractivity contribution >= 4 is 16.9 Å². The zero-order valence-corrected chi connectivity index (χ0v) is 13.6. The van der Waals surface area contributed by atoms with Crippen molar-refractivity contribution in [3.63, 3.8) is 0 Å². The summed E-state index contributed by atoms with van der Waals surface area (Å²) in [4.78, 5) is 11.4. The zero-order chi connectivity index (χ0) is 16.4. The van der Waals surface area contributed by atoms with Crippen molar-refractivity contribution in [2.75, 3.05) is 31.7 Å². The summed E-state index contributed by atoms with van der Waals surface area (Å²) in [6.07, 6.45) is 1.83. The van der Waals surface area contributed by atoms with Gasteiger partial charge < -0.3 is 14.4 Å². The third-order valence-electron chi connectivity index (χ3n) is 4.31. The first-order valence-corrected chi connectivity index (χ1v) is 8.06. The molecule has 1 aliphatic rings. The van der Waals surface area contributed by atoms with Crippen molar-refractivity contribution in [1.82, 2.24) is 9.97 Å². The molecule has 0 spiro atoms. The van der Waals surface area contributed by atoms with E-state index in [4.69, 9.17) is 14.5 Å². The molecular formula is C19H19N3O2. The minimum Gasteiger partial charge on any atom is -0.496 e. The number of anilines is 1. The van der Waals surface area contributed by atoms with E-state index in [9.17, 15) is 0 Å². The SMILES string of the molecule is COc1ccccc1C1CN(c2ncc3ccccc3n2)CCO1. The van der Waals surface area contributed by atoms with Gasteiger partial charge >= 0.3 is 0 Å². The van der Waals surface area contributed by atoms with Crippen LogP contribution in [0.1, 0.15) is 11.7 Å². The summed E-state index contributed by atoms with van der Waals surface area (Å²) < 4.78 is 11.4. The topological polar surface area (TPSA) is 47.5 Å². The van der Waals surface area contributed by atoms with Gasteiger partial charge in [-0.1, -0.05) is 36.4 Å². The first kappa shape index (κ1) is 14.9. The van der Waals surface area contributed by atoms with Crippen LogP contribution in [0.4, 0.5) is 5.95 Å². The smallest absolute Gasteiger partial charge is 0.226 e. The Morgan fingerprint density at radius 3 is 2.88 bits per heavy atom. The van der Waals surface area contributed by atoms with Crippen molar-refractivity contribution in [2.24, 2.45) is 0 Å². The fourth-order valence-corrected chi connectivity index (χ4v) is 3.07. The highest BCUT2D eigenvalue weighted by molar-refractivity contribution is 5.78.